The summed E-state index contributed by atoms with van der Waals surface area (Å²) in [4.78, 5) is 0. The summed E-state index contributed by atoms with van der Waals surface area (Å²) >= 11 is 3.66. The lowest BCUT2D eigenvalue weighted by Gasteiger charge is -2.32. The van der Waals surface area contributed by atoms with E-state index in [1.807, 2.05) is 6.07 Å². The van der Waals surface area contributed by atoms with E-state index in [0.717, 1.165) is 15.6 Å². The zero-order valence-electron chi connectivity index (χ0n) is 14.3. The van der Waals surface area contributed by atoms with Gasteiger partial charge < -0.3 is 0 Å². The molecule has 0 amide bonds. The highest BCUT2D eigenvalue weighted by Gasteiger charge is 2.32. The molecule has 0 heterocycles. The van der Waals surface area contributed by atoms with Gasteiger partial charge in [-0.05, 0) is 27.4 Å². The molecule has 0 aliphatic carbocycles. The third-order valence-corrected chi connectivity index (χ3v) is 4.39. The summed E-state index contributed by atoms with van der Waals surface area (Å²) in [5.41, 5.74) is 2.31. The van der Waals surface area contributed by atoms with Gasteiger partial charge in [0.15, 0.2) is 0 Å². The molecule has 1 aromatic rings. The Morgan fingerprint density at radius 3 is 1.45 bits per heavy atom. The highest BCUT2D eigenvalue weighted by atomic mass is 79.9. The minimum Gasteiger partial charge on any atom is -0.206 e. The van der Waals surface area contributed by atoms with E-state index < -0.39 is 0 Å². The largest absolute Gasteiger partial charge is 0.206 e. The third kappa shape index (κ3) is 3.44. The maximum atomic E-state index is 15.1. The molecule has 0 aliphatic heterocycles. The first kappa shape index (κ1) is 17.7. The van der Waals surface area contributed by atoms with Crippen molar-refractivity contribution < 1.29 is 4.39 Å². The van der Waals surface area contributed by atoms with Crippen LogP contribution >= 0.6 is 15.9 Å². The van der Waals surface area contributed by atoms with Crippen LogP contribution in [0.25, 0.3) is 0 Å². The Balaban J connectivity index is 3.86. The van der Waals surface area contributed by atoms with Crippen molar-refractivity contribution in [1.29, 1.82) is 0 Å². The van der Waals surface area contributed by atoms with Crippen LogP contribution in [0.2, 0.25) is 0 Å². The zero-order valence-corrected chi connectivity index (χ0v) is 15.9. The summed E-state index contributed by atoms with van der Waals surface area (Å²) in [6, 6.07) is 2.04. The second kappa shape index (κ2) is 5.12. The van der Waals surface area contributed by atoms with E-state index in [1.165, 1.54) is 5.56 Å². The summed E-state index contributed by atoms with van der Waals surface area (Å²) in [6.07, 6.45) is 0. The molecule has 0 N–H and O–H groups in total. The predicted molar refractivity (Wildman–Crippen MR) is 90.2 cm³/mol. The summed E-state index contributed by atoms with van der Waals surface area (Å²) in [6.45, 7) is 18.9. The molecule has 114 valence electrons. The highest BCUT2D eigenvalue weighted by Crippen LogP contribution is 2.43. The second-order valence-corrected chi connectivity index (χ2v) is 9.52. The monoisotopic (exact) mass is 342 g/mol. The Bertz CT molecular complexity index is 470. The molecule has 0 fully saturated rings. The Hall–Kier alpha value is -0.370. The topological polar surface area (TPSA) is 0 Å². The lowest BCUT2D eigenvalue weighted by molar-refractivity contribution is 0.471. The maximum absolute atomic E-state index is 15.1. The van der Waals surface area contributed by atoms with Gasteiger partial charge >= 0.3 is 0 Å². The molecular weight excluding hydrogens is 315 g/mol. The summed E-state index contributed by atoms with van der Waals surface area (Å²) < 4.78 is 16.0. The van der Waals surface area contributed by atoms with Crippen molar-refractivity contribution in [3.63, 3.8) is 0 Å². The Labute approximate surface area is 132 Å². The molecule has 0 aromatic heterocycles. The van der Waals surface area contributed by atoms with E-state index >= 15 is 4.39 Å². The molecule has 0 bridgehead atoms. The summed E-state index contributed by atoms with van der Waals surface area (Å²) in [7, 11) is 0. The molecule has 1 rings (SSSR count). The highest BCUT2D eigenvalue weighted by molar-refractivity contribution is 9.10. The van der Waals surface area contributed by atoms with Crippen molar-refractivity contribution in [3.8, 4) is 0 Å². The molecule has 20 heavy (non-hydrogen) atoms. The Morgan fingerprint density at radius 1 is 0.750 bits per heavy atom. The lowest BCUT2D eigenvalue weighted by atomic mass is 9.75. The fourth-order valence-electron chi connectivity index (χ4n) is 2.39. The number of rotatable bonds is 0. The van der Waals surface area contributed by atoms with Crippen molar-refractivity contribution in [3.05, 3.63) is 33.0 Å². The average Bonchev–Trinajstić information content (AvgIpc) is 2.10. The number of halogens is 2. The van der Waals surface area contributed by atoms with Crippen molar-refractivity contribution in [2.75, 3.05) is 0 Å². The van der Waals surface area contributed by atoms with Gasteiger partial charge in [-0.3, -0.25) is 0 Å². The molecule has 0 atom stereocenters. The molecule has 0 spiro atoms. The standard InChI is InChI=1S/C18H28BrF/c1-16(2,3)11-10-12(17(4,5)6)15(20)13(14(11)19)18(7,8)9/h10H,1-9H3. The summed E-state index contributed by atoms with van der Waals surface area (Å²) in [5, 5.41) is 0. The van der Waals surface area contributed by atoms with Gasteiger partial charge in [0.25, 0.3) is 0 Å². The number of benzene rings is 1. The van der Waals surface area contributed by atoms with Crippen LogP contribution in [0.4, 0.5) is 4.39 Å². The van der Waals surface area contributed by atoms with Gasteiger partial charge in [-0.25, -0.2) is 4.39 Å². The van der Waals surface area contributed by atoms with Crippen LogP contribution in [0, 0.1) is 5.82 Å². The van der Waals surface area contributed by atoms with Gasteiger partial charge in [0.2, 0.25) is 0 Å². The average molecular weight is 343 g/mol. The number of hydrogen-bond acceptors (Lipinski definition) is 0. The molecule has 2 heteroatoms. The van der Waals surface area contributed by atoms with Crippen molar-refractivity contribution in [2.24, 2.45) is 0 Å². The first-order valence-corrected chi connectivity index (χ1v) is 8.00. The van der Waals surface area contributed by atoms with Gasteiger partial charge in [-0.1, -0.05) is 84.3 Å². The molecule has 0 aliphatic rings. The van der Waals surface area contributed by atoms with Crippen molar-refractivity contribution >= 4 is 15.9 Å². The van der Waals surface area contributed by atoms with Crippen LogP contribution in [0.1, 0.15) is 79.0 Å². The van der Waals surface area contributed by atoms with Gasteiger partial charge in [0.05, 0.1) is 0 Å². The third-order valence-electron chi connectivity index (χ3n) is 3.57. The van der Waals surface area contributed by atoms with Crippen molar-refractivity contribution in [2.45, 2.75) is 78.6 Å². The van der Waals surface area contributed by atoms with E-state index in [2.05, 4.69) is 78.2 Å². The first-order chi connectivity index (χ1) is 8.67. The van der Waals surface area contributed by atoms with Crippen LogP contribution in [0.3, 0.4) is 0 Å². The first-order valence-electron chi connectivity index (χ1n) is 7.21. The number of hydrogen-bond donors (Lipinski definition) is 0. The lowest BCUT2D eigenvalue weighted by Crippen LogP contribution is -2.25. The van der Waals surface area contributed by atoms with Crippen LogP contribution in [0.5, 0.6) is 0 Å². The van der Waals surface area contributed by atoms with Gasteiger partial charge in [-0.2, -0.15) is 0 Å². The smallest absolute Gasteiger partial charge is 0.131 e. The summed E-state index contributed by atoms with van der Waals surface area (Å²) in [5.74, 6) is -0.0649. The van der Waals surface area contributed by atoms with E-state index in [9.17, 15) is 0 Å². The van der Waals surface area contributed by atoms with Crippen molar-refractivity contribution in [1.82, 2.24) is 0 Å². The van der Waals surface area contributed by atoms with E-state index in [-0.39, 0.29) is 22.1 Å². The molecule has 1 aromatic carbocycles. The molecule has 0 saturated heterocycles. The Morgan fingerprint density at radius 2 is 1.15 bits per heavy atom. The van der Waals surface area contributed by atoms with Gasteiger partial charge in [-0.15, -0.1) is 0 Å². The van der Waals surface area contributed by atoms with Crippen LogP contribution < -0.4 is 0 Å². The zero-order chi connectivity index (χ0) is 16.1. The molecule has 0 saturated carbocycles. The van der Waals surface area contributed by atoms with E-state index in [0.29, 0.717) is 0 Å². The predicted octanol–water partition coefficient (Wildman–Crippen LogP) is 6.48. The van der Waals surface area contributed by atoms with E-state index in [4.69, 9.17) is 0 Å². The second-order valence-electron chi connectivity index (χ2n) is 8.72. The fourth-order valence-corrected chi connectivity index (χ4v) is 3.86. The molecule has 0 nitrogen and oxygen atoms in total. The van der Waals surface area contributed by atoms with Crippen LogP contribution in [-0.2, 0) is 16.2 Å². The van der Waals surface area contributed by atoms with E-state index in [1.54, 1.807) is 0 Å². The molecule has 0 radical (unpaired) electrons. The molecular formula is C18H28BrF. The van der Waals surface area contributed by atoms with Gasteiger partial charge in [0, 0.05) is 10.0 Å². The van der Waals surface area contributed by atoms with Crippen LogP contribution in [-0.4, -0.2) is 0 Å². The van der Waals surface area contributed by atoms with Gasteiger partial charge in [0.1, 0.15) is 5.82 Å². The minimum absolute atomic E-state index is 0.0213. The Kier molecular flexibility index (Phi) is 4.53. The normalized spacial score (nSPS) is 13.8. The fraction of sp³-hybridized carbons (Fsp3) is 0.667. The SMILES string of the molecule is CC(C)(C)c1cc(C(C)(C)C)c(Br)c(C(C)(C)C)c1F. The quantitative estimate of drug-likeness (QED) is 0.506. The van der Waals surface area contributed by atoms with Crippen LogP contribution in [0.15, 0.2) is 10.5 Å². The molecule has 0 unspecified atom stereocenters. The maximum Gasteiger partial charge on any atom is 0.131 e. The minimum atomic E-state index is -0.232.